The molecule has 1 atom stereocenters. The molecular formula is C16H29N3S. The molecule has 20 heavy (non-hydrogen) atoms. The molecule has 0 aromatic carbocycles. The number of guanidine groups is 1. The van der Waals surface area contributed by atoms with Crippen LogP contribution in [0.25, 0.3) is 0 Å². The number of aliphatic imine (C=N–C) groups is 1. The van der Waals surface area contributed by atoms with Crippen LogP contribution < -0.4 is 10.6 Å². The van der Waals surface area contributed by atoms with Gasteiger partial charge in [0.2, 0.25) is 0 Å². The van der Waals surface area contributed by atoms with Gasteiger partial charge >= 0.3 is 0 Å². The lowest BCUT2D eigenvalue weighted by Crippen LogP contribution is -2.49. The maximum Gasteiger partial charge on any atom is 0.191 e. The van der Waals surface area contributed by atoms with Crippen molar-refractivity contribution in [1.82, 2.24) is 10.6 Å². The highest BCUT2D eigenvalue weighted by molar-refractivity contribution is 8.00. The van der Waals surface area contributed by atoms with Crippen LogP contribution >= 0.6 is 11.8 Å². The maximum atomic E-state index is 4.41. The van der Waals surface area contributed by atoms with E-state index < -0.39 is 0 Å². The smallest absolute Gasteiger partial charge is 0.191 e. The minimum absolute atomic E-state index is 0.405. The largest absolute Gasteiger partial charge is 0.356 e. The summed E-state index contributed by atoms with van der Waals surface area (Å²) in [6.45, 7) is 4.54. The van der Waals surface area contributed by atoms with E-state index in [1.807, 2.05) is 7.05 Å². The fourth-order valence-corrected chi connectivity index (χ4v) is 5.03. The molecular weight excluding hydrogens is 266 g/mol. The van der Waals surface area contributed by atoms with Crippen LogP contribution in [-0.4, -0.2) is 36.6 Å². The van der Waals surface area contributed by atoms with Gasteiger partial charge in [0.25, 0.3) is 0 Å². The van der Waals surface area contributed by atoms with Crippen LogP contribution in [0.15, 0.2) is 4.99 Å². The maximum absolute atomic E-state index is 4.41. The minimum atomic E-state index is 0.405. The normalized spacial score (nSPS) is 32.8. The van der Waals surface area contributed by atoms with E-state index in [4.69, 9.17) is 0 Å². The van der Waals surface area contributed by atoms with Crippen molar-refractivity contribution in [3.05, 3.63) is 0 Å². The van der Waals surface area contributed by atoms with E-state index >= 15 is 0 Å². The number of rotatable bonds is 5. The van der Waals surface area contributed by atoms with Gasteiger partial charge < -0.3 is 10.6 Å². The first kappa shape index (κ1) is 14.6. The van der Waals surface area contributed by atoms with E-state index in [0.29, 0.717) is 10.2 Å². The summed E-state index contributed by atoms with van der Waals surface area (Å²) in [6, 6.07) is 0. The van der Waals surface area contributed by atoms with Gasteiger partial charge in [0.1, 0.15) is 0 Å². The van der Waals surface area contributed by atoms with Gasteiger partial charge in [0, 0.05) is 24.9 Å². The summed E-state index contributed by atoms with van der Waals surface area (Å²) >= 11 is 2.11. The minimum Gasteiger partial charge on any atom is -0.356 e. The van der Waals surface area contributed by atoms with Crippen molar-refractivity contribution in [1.29, 1.82) is 0 Å². The van der Waals surface area contributed by atoms with Gasteiger partial charge in [-0.15, -0.1) is 0 Å². The summed E-state index contributed by atoms with van der Waals surface area (Å²) in [6.07, 6.45) is 9.89. The molecule has 3 rings (SSSR count). The highest BCUT2D eigenvalue weighted by atomic mass is 32.2. The average Bonchev–Trinajstić information content (AvgIpc) is 3.15. The van der Waals surface area contributed by atoms with E-state index in [9.17, 15) is 0 Å². The SMILES string of the molecule is CN=C(NCC1(C)CCCS1)NCC1(C2CC2)CCC1. The first-order valence-electron chi connectivity index (χ1n) is 8.24. The van der Waals surface area contributed by atoms with Crippen molar-refractivity contribution < 1.29 is 0 Å². The number of hydrogen-bond donors (Lipinski definition) is 2. The molecule has 3 nitrogen and oxygen atoms in total. The predicted octanol–water partition coefficient (Wildman–Crippen LogP) is 3.02. The lowest BCUT2D eigenvalue weighted by molar-refractivity contribution is 0.106. The van der Waals surface area contributed by atoms with Crippen molar-refractivity contribution in [2.45, 2.75) is 56.6 Å². The number of nitrogens with zero attached hydrogens (tertiary/aromatic N) is 1. The van der Waals surface area contributed by atoms with Crippen molar-refractivity contribution in [3.63, 3.8) is 0 Å². The van der Waals surface area contributed by atoms with Crippen LogP contribution in [0, 0.1) is 11.3 Å². The molecule has 2 N–H and O–H groups in total. The van der Waals surface area contributed by atoms with Gasteiger partial charge in [0.15, 0.2) is 5.96 Å². The van der Waals surface area contributed by atoms with Crippen molar-refractivity contribution >= 4 is 17.7 Å². The Hall–Kier alpha value is -0.380. The molecule has 2 aliphatic carbocycles. The lowest BCUT2D eigenvalue weighted by Gasteiger charge is -2.43. The summed E-state index contributed by atoms with van der Waals surface area (Å²) in [5.41, 5.74) is 0.615. The van der Waals surface area contributed by atoms with Gasteiger partial charge in [-0.2, -0.15) is 11.8 Å². The molecule has 1 unspecified atom stereocenters. The fraction of sp³-hybridized carbons (Fsp3) is 0.938. The van der Waals surface area contributed by atoms with E-state index in [-0.39, 0.29) is 0 Å². The Bertz CT molecular complexity index is 366. The Morgan fingerprint density at radius 3 is 2.40 bits per heavy atom. The van der Waals surface area contributed by atoms with Gasteiger partial charge in [0.05, 0.1) is 0 Å². The topological polar surface area (TPSA) is 36.4 Å². The average molecular weight is 295 g/mol. The van der Waals surface area contributed by atoms with Crippen LogP contribution in [0.1, 0.15) is 51.9 Å². The van der Waals surface area contributed by atoms with Gasteiger partial charge in [-0.3, -0.25) is 4.99 Å². The van der Waals surface area contributed by atoms with Crippen molar-refractivity contribution in [2.75, 3.05) is 25.9 Å². The standard InChI is InChI=1S/C16H29N3S/c1-15(7-4-10-20-15)11-18-14(17-2)19-12-16(8-3-9-16)13-5-6-13/h13H,3-12H2,1-2H3,(H2,17,18,19). The highest BCUT2D eigenvalue weighted by Crippen LogP contribution is 2.56. The Balaban J connectivity index is 1.45. The molecule has 3 aliphatic rings. The molecule has 1 saturated heterocycles. The molecule has 114 valence electrons. The van der Waals surface area contributed by atoms with Gasteiger partial charge in [-0.1, -0.05) is 6.42 Å². The molecule has 3 fully saturated rings. The Kier molecular flexibility index (Phi) is 4.21. The van der Waals surface area contributed by atoms with Crippen LogP contribution in [0.4, 0.5) is 0 Å². The Morgan fingerprint density at radius 1 is 1.15 bits per heavy atom. The second-order valence-electron chi connectivity index (χ2n) is 7.17. The second-order valence-corrected chi connectivity index (χ2v) is 8.85. The molecule has 0 amide bonds. The lowest BCUT2D eigenvalue weighted by atomic mass is 9.65. The van der Waals surface area contributed by atoms with E-state index in [1.165, 1.54) is 50.7 Å². The number of thioether (sulfide) groups is 1. The zero-order valence-corrected chi connectivity index (χ0v) is 13.8. The molecule has 1 aliphatic heterocycles. The van der Waals surface area contributed by atoms with Crippen LogP contribution in [-0.2, 0) is 0 Å². The van der Waals surface area contributed by atoms with Crippen molar-refractivity contribution in [2.24, 2.45) is 16.3 Å². The fourth-order valence-electron chi connectivity index (χ4n) is 3.78. The van der Waals surface area contributed by atoms with Crippen LogP contribution in [0.5, 0.6) is 0 Å². The summed E-state index contributed by atoms with van der Waals surface area (Å²) in [5, 5.41) is 7.15. The molecule has 4 heteroatoms. The first-order valence-corrected chi connectivity index (χ1v) is 9.23. The molecule has 0 aromatic rings. The van der Waals surface area contributed by atoms with Gasteiger partial charge in [-0.05, 0) is 62.5 Å². The zero-order chi connectivity index (χ0) is 14.1. The third-order valence-corrected chi connectivity index (χ3v) is 7.09. The van der Waals surface area contributed by atoms with E-state index in [0.717, 1.165) is 25.0 Å². The molecule has 0 radical (unpaired) electrons. The van der Waals surface area contributed by atoms with Crippen LogP contribution in [0.3, 0.4) is 0 Å². The summed E-state index contributed by atoms with van der Waals surface area (Å²) in [4.78, 5) is 4.41. The summed E-state index contributed by atoms with van der Waals surface area (Å²) in [7, 11) is 1.89. The molecule has 1 heterocycles. The summed E-state index contributed by atoms with van der Waals surface area (Å²) in [5.74, 6) is 3.32. The van der Waals surface area contributed by atoms with E-state index in [1.54, 1.807) is 0 Å². The molecule has 0 spiro atoms. The number of nitrogens with one attached hydrogen (secondary N) is 2. The predicted molar refractivity (Wildman–Crippen MR) is 88.5 cm³/mol. The molecule has 0 bridgehead atoms. The van der Waals surface area contributed by atoms with E-state index in [2.05, 4.69) is 34.3 Å². The van der Waals surface area contributed by atoms with Gasteiger partial charge in [-0.25, -0.2) is 0 Å². The molecule has 0 aromatic heterocycles. The first-order chi connectivity index (χ1) is 9.66. The third kappa shape index (κ3) is 3.10. The Labute approximate surface area is 127 Å². The summed E-state index contributed by atoms with van der Waals surface area (Å²) < 4.78 is 0.405. The van der Waals surface area contributed by atoms with Crippen molar-refractivity contribution in [3.8, 4) is 0 Å². The second kappa shape index (κ2) is 5.78. The number of hydrogen-bond acceptors (Lipinski definition) is 2. The highest BCUT2D eigenvalue weighted by Gasteiger charge is 2.48. The third-order valence-electron chi connectivity index (χ3n) is 5.55. The quantitative estimate of drug-likeness (QED) is 0.605. The molecule has 2 saturated carbocycles. The Morgan fingerprint density at radius 2 is 1.90 bits per heavy atom. The monoisotopic (exact) mass is 295 g/mol. The zero-order valence-electron chi connectivity index (χ0n) is 13.0. The van der Waals surface area contributed by atoms with Crippen LogP contribution in [0.2, 0.25) is 0 Å².